The molecule has 0 radical (unpaired) electrons. The number of amides is 2. The second-order valence-electron chi connectivity index (χ2n) is 6.02. The van der Waals surface area contributed by atoms with E-state index in [1.807, 2.05) is 41.3 Å². The molecule has 2 aromatic rings. The van der Waals surface area contributed by atoms with Crippen molar-refractivity contribution in [3.63, 3.8) is 0 Å². The molecule has 2 aromatic carbocycles. The van der Waals surface area contributed by atoms with E-state index in [9.17, 15) is 9.59 Å². The number of carbonyl (C=O) groups excluding carboxylic acids is 2. The smallest absolute Gasteiger partial charge is 0.237 e. The van der Waals surface area contributed by atoms with Gasteiger partial charge in [-0.15, -0.1) is 0 Å². The maximum absolute atomic E-state index is 12.3. The lowest BCUT2D eigenvalue weighted by atomic mass is 10.0. The zero-order valence-electron chi connectivity index (χ0n) is 14.1. The Morgan fingerprint density at radius 1 is 1.36 bits per heavy atom. The quantitative estimate of drug-likeness (QED) is 0.418. The molecule has 1 heterocycles. The Balaban J connectivity index is 1.95. The van der Waals surface area contributed by atoms with Gasteiger partial charge in [0.25, 0.3) is 0 Å². The molecule has 0 spiro atoms. The van der Waals surface area contributed by atoms with Gasteiger partial charge < -0.3 is 10.1 Å². The highest BCUT2D eigenvalue weighted by molar-refractivity contribution is 5.89. The molecule has 132 valence electrons. The third-order valence-corrected chi connectivity index (χ3v) is 4.56. The van der Waals surface area contributed by atoms with Gasteiger partial charge in [-0.1, -0.05) is 30.3 Å². The summed E-state index contributed by atoms with van der Waals surface area (Å²) in [7, 11) is 1.63. The second kappa shape index (κ2) is 7.50. The first kappa shape index (κ1) is 17.2. The molecule has 1 fully saturated rings. The molecule has 1 saturated heterocycles. The zero-order chi connectivity index (χ0) is 17.8. The molecule has 1 aliphatic rings. The number of nitrogens with one attached hydrogen (secondary N) is 2. The predicted octanol–water partition coefficient (Wildman–Crippen LogP) is 0.529. The van der Waals surface area contributed by atoms with Crippen molar-refractivity contribution in [3.8, 4) is 5.75 Å². The molecule has 7 heteroatoms. The Hall–Kier alpha value is -2.64. The number of piperazine rings is 1. The summed E-state index contributed by atoms with van der Waals surface area (Å²) in [6, 6.07) is 11.4. The van der Waals surface area contributed by atoms with Crippen molar-refractivity contribution < 1.29 is 14.3 Å². The summed E-state index contributed by atoms with van der Waals surface area (Å²) in [6.07, 6.45) is 0.0232. The molecule has 1 aliphatic heterocycles. The van der Waals surface area contributed by atoms with E-state index in [4.69, 9.17) is 10.6 Å². The summed E-state index contributed by atoms with van der Waals surface area (Å²) in [5.74, 6) is 5.43. The number of hydrogen-bond donors (Lipinski definition) is 3. The fourth-order valence-corrected chi connectivity index (χ4v) is 3.28. The molecule has 1 atom stereocenters. The maximum Gasteiger partial charge on any atom is 0.237 e. The minimum absolute atomic E-state index is 0.0232. The maximum atomic E-state index is 12.3. The fourth-order valence-electron chi connectivity index (χ4n) is 3.28. The third-order valence-electron chi connectivity index (χ3n) is 4.56. The van der Waals surface area contributed by atoms with Crippen LogP contribution < -0.4 is 21.3 Å². The lowest BCUT2D eigenvalue weighted by molar-refractivity contribution is -0.134. The van der Waals surface area contributed by atoms with E-state index in [1.165, 1.54) is 0 Å². The number of nitrogens with two attached hydrogens (primary N) is 1. The van der Waals surface area contributed by atoms with Crippen LogP contribution in [0.5, 0.6) is 5.75 Å². The Labute approximate surface area is 146 Å². The number of nitrogens with zero attached hydrogens (tertiary/aromatic N) is 1. The van der Waals surface area contributed by atoms with E-state index >= 15 is 0 Å². The van der Waals surface area contributed by atoms with Gasteiger partial charge in [0.1, 0.15) is 5.75 Å². The molecule has 3 rings (SSSR count). The summed E-state index contributed by atoms with van der Waals surface area (Å²) in [5, 5.41) is 5.00. The van der Waals surface area contributed by atoms with Gasteiger partial charge in [-0.3, -0.25) is 19.9 Å². The van der Waals surface area contributed by atoms with Gasteiger partial charge in [0.15, 0.2) is 0 Å². The van der Waals surface area contributed by atoms with Crippen LogP contribution in [-0.2, 0) is 16.1 Å². The van der Waals surface area contributed by atoms with Crippen LogP contribution in [0.15, 0.2) is 36.4 Å². The highest BCUT2D eigenvalue weighted by Gasteiger charge is 2.32. The lowest BCUT2D eigenvalue weighted by Crippen LogP contribution is -2.56. The normalized spacial score (nSPS) is 18.0. The van der Waals surface area contributed by atoms with E-state index in [2.05, 4.69) is 10.7 Å². The number of rotatable bonds is 5. The number of fused-ring (bicyclic) bond motifs is 1. The second-order valence-corrected chi connectivity index (χ2v) is 6.02. The van der Waals surface area contributed by atoms with Gasteiger partial charge in [0.2, 0.25) is 11.8 Å². The number of hydrogen-bond acceptors (Lipinski definition) is 5. The lowest BCUT2D eigenvalue weighted by Gasteiger charge is -2.35. The Bertz CT molecular complexity index is 793. The van der Waals surface area contributed by atoms with E-state index in [0.29, 0.717) is 19.6 Å². The van der Waals surface area contributed by atoms with Gasteiger partial charge in [-0.2, -0.15) is 0 Å². The number of methoxy groups -OCH3 is 1. The first-order valence-corrected chi connectivity index (χ1v) is 8.20. The summed E-state index contributed by atoms with van der Waals surface area (Å²) in [6.45, 7) is 1.72. The molecule has 2 amide bonds. The van der Waals surface area contributed by atoms with Crippen molar-refractivity contribution >= 4 is 22.6 Å². The number of ether oxygens (including phenoxy) is 1. The Kier molecular flexibility index (Phi) is 5.16. The Morgan fingerprint density at radius 3 is 2.92 bits per heavy atom. The van der Waals surface area contributed by atoms with Crippen LogP contribution in [0.25, 0.3) is 10.8 Å². The summed E-state index contributed by atoms with van der Waals surface area (Å²) in [4.78, 5) is 25.9. The van der Waals surface area contributed by atoms with Crippen LogP contribution in [-0.4, -0.2) is 43.0 Å². The van der Waals surface area contributed by atoms with Crippen molar-refractivity contribution in [2.24, 2.45) is 5.84 Å². The largest absolute Gasteiger partial charge is 0.496 e. The molecule has 0 saturated carbocycles. The first-order chi connectivity index (χ1) is 12.1. The van der Waals surface area contributed by atoms with Gasteiger partial charge in [0, 0.05) is 25.2 Å². The molecule has 1 unspecified atom stereocenters. The van der Waals surface area contributed by atoms with Crippen molar-refractivity contribution in [1.29, 1.82) is 0 Å². The van der Waals surface area contributed by atoms with Crippen LogP contribution in [0.1, 0.15) is 12.0 Å². The third kappa shape index (κ3) is 3.57. The van der Waals surface area contributed by atoms with E-state index in [1.54, 1.807) is 7.11 Å². The standard InChI is InChI=1S/C18H22N4O3/c1-25-16-7-6-12-4-2-3-5-13(12)14(16)11-22-9-8-20-18(24)15(22)10-17(23)21-19/h2-7,15H,8-11,19H2,1H3,(H,20,24)(H,21,23). The molecule has 4 N–H and O–H groups in total. The zero-order valence-corrected chi connectivity index (χ0v) is 14.1. The fraction of sp³-hybridized carbons (Fsp3) is 0.333. The van der Waals surface area contributed by atoms with E-state index < -0.39 is 6.04 Å². The minimum atomic E-state index is -0.555. The molecular weight excluding hydrogens is 320 g/mol. The first-order valence-electron chi connectivity index (χ1n) is 8.20. The minimum Gasteiger partial charge on any atom is -0.496 e. The highest BCUT2D eigenvalue weighted by atomic mass is 16.5. The van der Waals surface area contributed by atoms with Crippen molar-refractivity contribution in [3.05, 3.63) is 42.0 Å². The molecule has 0 bridgehead atoms. The van der Waals surface area contributed by atoms with Crippen LogP contribution in [0, 0.1) is 0 Å². The van der Waals surface area contributed by atoms with Gasteiger partial charge in [0.05, 0.1) is 19.6 Å². The number of hydrazine groups is 1. The highest BCUT2D eigenvalue weighted by Crippen LogP contribution is 2.30. The van der Waals surface area contributed by atoms with Crippen LogP contribution >= 0.6 is 0 Å². The van der Waals surface area contributed by atoms with Crippen LogP contribution in [0.2, 0.25) is 0 Å². The SMILES string of the molecule is COc1ccc2ccccc2c1CN1CCNC(=O)C1CC(=O)NN. The van der Waals surface area contributed by atoms with Crippen molar-refractivity contribution in [2.75, 3.05) is 20.2 Å². The predicted molar refractivity (Wildman–Crippen MR) is 94.7 cm³/mol. The van der Waals surface area contributed by atoms with Crippen LogP contribution in [0.3, 0.4) is 0 Å². The Morgan fingerprint density at radius 2 is 2.16 bits per heavy atom. The average Bonchev–Trinajstić information content (AvgIpc) is 2.64. The average molecular weight is 342 g/mol. The molecule has 7 nitrogen and oxygen atoms in total. The van der Waals surface area contributed by atoms with Crippen molar-refractivity contribution in [2.45, 2.75) is 19.0 Å². The van der Waals surface area contributed by atoms with E-state index in [0.717, 1.165) is 22.1 Å². The van der Waals surface area contributed by atoms with Gasteiger partial charge in [-0.05, 0) is 16.8 Å². The molecule has 25 heavy (non-hydrogen) atoms. The number of benzene rings is 2. The van der Waals surface area contributed by atoms with E-state index in [-0.39, 0.29) is 18.2 Å². The van der Waals surface area contributed by atoms with Crippen molar-refractivity contribution in [1.82, 2.24) is 15.6 Å². The summed E-state index contributed by atoms with van der Waals surface area (Å²) in [5.41, 5.74) is 3.11. The molecule has 0 aliphatic carbocycles. The number of carbonyl (C=O) groups is 2. The molecular formula is C18H22N4O3. The van der Waals surface area contributed by atoms with Gasteiger partial charge >= 0.3 is 0 Å². The van der Waals surface area contributed by atoms with Gasteiger partial charge in [-0.25, -0.2) is 5.84 Å². The summed E-state index contributed by atoms with van der Waals surface area (Å²) >= 11 is 0. The monoisotopic (exact) mass is 342 g/mol. The topological polar surface area (TPSA) is 96.7 Å². The summed E-state index contributed by atoms with van der Waals surface area (Å²) < 4.78 is 5.53. The van der Waals surface area contributed by atoms with Crippen LogP contribution in [0.4, 0.5) is 0 Å². The molecule has 0 aromatic heterocycles.